The summed E-state index contributed by atoms with van der Waals surface area (Å²) in [5, 5.41) is 10.8. The standard InChI is InChI=1S/C21H18N2O7/c1-28-13-9-8-12-14(17(13)29-2)20(26)30-16(12)15-18(24)22-21(27)23(19(15)25)10-11-6-4-3-5-7-11/h3-9,16,25H,10H2,1-2H3,(H,22,24,27)/t16-/m1/s1. The van der Waals surface area contributed by atoms with Crippen LogP contribution in [0.3, 0.4) is 0 Å². The maximum absolute atomic E-state index is 12.6. The summed E-state index contributed by atoms with van der Waals surface area (Å²) in [4.78, 5) is 39.6. The van der Waals surface area contributed by atoms with Gasteiger partial charge in [0.25, 0.3) is 5.56 Å². The Kier molecular flexibility index (Phi) is 4.78. The zero-order valence-electron chi connectivity index (χ0n) is 16.2. The molecule has 2 N–H and O–H groups in total. The van der Waals surface area contributed by atoms with E-state index < -0.39 is 29.2 Å². The molecule has 0 saturated carbocycles. The second-order valence-electron chi connectivity index (χ2n) is 6.62. The van der Waals surface area contributed by atoms with E-state index in [-0.39, 0.29) is 23.4 Å². The number of rotatable bonds is 5. The van der Waals surface area contributed by atoms with Crippen molar-refractivity contribution in [3.8, 4) is 17.4 Å². The molecular weight excluding hydrogens is 392 g/mol. The number of H-pyrrole nitrogens is 1. The Morgan fingerprint density at radius 1 is 1.07 bits per heavy atom. The zero-order valence-corrected chi connectivity index (χ0v) is 16.2. The van der Waals surface area contributed by atoms with Crippen molar-refractivity contribution in [3.63, 3.8) is 0 Å². The lowest BCUT2D eigenvalue weighted by Crippen LogP contribution is -2.33. The Bertz CT molecular complexity index is 1240. The van der Waals surface area contributed by atoms with Gasteiger partial charge in [-0.2, -0.15) is 0 Å². The van der Waals surface area contributed by atoms with E-state index in [2.05, 4.69) is 4.98 Å². The number of aromatic hydroxyl groups is 1. The number of hydrogen-bond donors (Lipinski definition) is 2. The molecule has 30 heavy (non-hydrogen) atoms. The van der Waals surface area contributed by atoms with Gasteiger partial charge in [0.15, 0.2) is 17.6 Å². The van der Waals surface area contributed by atoms with Gasteiger partial charge in [-0.25, -0.2) is 9.59 Å². The average molecular weight is 410 g/mol. The molecular formula is C21H18N2O7. The molecule has 2 heterocycles. The first kappa shape index (κ1) is 19.3. The third-order valence-electron chi connectivity index (χ3n) is 4.94. The first-order valence-electron chi connectivity index (χ1n) is 9.02. The van der Waals surface area contributed by atoms with Crippen molar-refractivity contribution in [2.45, 2.75) is 12.6 Å². The van der Waals surface area contributed by atoms with E-state index in [0.717, 1.165) is 10.1 Å². The maximum Gasteiger partial charge on any atom is 0.343 e. The number of hydrogen-bond acceptors (Lipinski definition) is 7. The van der Waals surface area contributed by atoms with Crippen LogP contribution in [0, 0.1) is 0 Å². The van der Waals surface area contributed by atoms with Gasteiger partial charge >= 0.3 is 11.7 Å². The van der Waals surface area contributed by atoms with E-state index in [9.17, 15) is 19.5 Å². The van der Waals surface area contributed by atoms with Gasteiger partial charge in [0.1, 0.15) is 11.1 Å². The number of aromatic nitrogens is 2. The monoisotopic (exact) mass is 410 g/mol. The molecule has 9 heteroatoms. The molecule has 1 aliphatic rings. The average Bonchev–Trinajstić information content (AvgIpc) is 3.07. The lowest BCUT2D eigenvalue weighted by molar-refractivity contribution is 0.0446. The van der Waals surface area contributed by atoms with Crippen LogP contribution >= 0.6 is 0 Å². The van der Waals surface area contributed by atoms with Gasteiger partial charge in [-0.3, -0.25) is 14.3 Å². The Morgan fingerprint density at radius 3 is 2.47 bits per heavy atom. The molecule has 3 aromatic rings. The van der Waals surface area contributed by atoms with Crippen LogP contribution in [0.4, 0.5) is 0 Å². The largest absolute Gasteiger partial charge is 0.494 e. The van der Waals surface area contributed by atoms with E-state index in [1.165, 1.54) is 14.2 Å². The smallest absolute Gasteiger partial charge is 0.343 e. The van der Waals surface area contributed by atoms with Gasteiger partial charge in [-0.1, -0.05) is 36.4 Å². The van der Waals surface area contributed by atoms with Crippen LogP contribution in [0.5, 0.6) is 17.4 Å². The molecule has 9 nitrogen and oxygen atoms in total. The Morgan fingerprint density at radius 2 is 1.80 bits per heavy atom. The SMILES string of the molecule is COc1ccc2c(c1OC)C(=O)O[C@H]2c1c(O)n(Cc2ccccc2)c(=O)[nH]c1=O. The summed E-state index contributed by atoms with van der Waals surface area (Å²) >= 11 is 0. The fourth-order valence-electron chi connectivity index (χ4n) is 3.54. The van der Waals surface area contributed by atoms with E-state index in [4.69, 9.17) is 14.2 Å². The highest BCUT2D eigenvalue weighted by atomic mass is 16.6. The number of carbonyl (C=O) groups excluding carboxylic acids is 1. The normalized spacial score (nSPS) is 14.9. The summed E-state index contributed by atoms with van der Waals surface area (Å²) in [6.45, 7) is 0.0226. The fraction of sp³-hybridized carbons (Fsp3) is 0.190. The minimum Gasteiger partial charge on any atom is -0.494 e. The van der Waals surface area contributed by atoms with Crippen molar-refractivity contribution in [1.82, 2.24) is 9.55 Å². The molecule has 4 rings (SSSR count). The first-order chi connectivity index (χ1) is 14.5. The van der Waals surface area contributed by atoms with Gasteiger partial charge in [-0.05, 0) is 11.6 Å². The molecule has 1 aromatic heterocycles. The highest BCUT2D eigenvalue weighted by Gasteiger charge is 2.40. The van der Waals surface area contributed by atoms with Crippen LogP contribution in [-0.2, 0) is 11.3 Å². The van der Waals surface area contributed by atoms with E-state index in [0.29, 0.717) is 11.3 Å². The van der Waals surface area contributed by atoms with Crippen LogP contribution in [0.25, 0.3) is 0 Å². The predicted octanol–water partition coefficient (Wildman–Crippen LogP) is 1.57. The quantitative estimate of drug-likeness (QED) is 0.613. The Hall–Kier alpha value is -4.01. The van der Waals surface area contributed by atoms with E-state index in [1.54, 1.807) is 36.4 Å². The molecule has 0 fully saturated rings. The lowest BCUT2D eigenvalue weighted by atomic mass is 9.99. The molecule has 154 valence electrons. The lowest BCUT2D eigenvalue weighted by Gasteiger charge is -2.16. The van der Waals surface area contributed by atoms with E-state index >= 15 is 0 Å². The molecule has 1 atom stereocenters. The molecule has 0 radical (unpaired) electrons. The number of ether oxygens (including phenoxy) is 3. The van der Waals surface area contributed by atoms with Crippen molar-refractivity contribution in [2.75, 3.05) is 14.2 Å². The molecule has 0 unspecified atom stereocenters. The van der Waals surface area contributed by atoms with Crippen molar-refractivity contribution in [3.05, 3.63) is 85.6 Å². The Balaban J connectivity index is 1.87. The Labute approximate surface area is 170 Å². The summed E-state index contributed by atoms with van der Waals surface area (Å²) in [5.41, 5.74) is -0.706. The van der Waals surface area contributed by atoms with Gasteiger partial charge in [0, 0.05) is 5.56 Å². The third kappa shape index (κ3) is 3.00. The highest BCUT2D eigenvalue weighted by Crippen LogP contribution is 2.44. The number of nitrogens with zero attached hydrogens (tertiary/aromatic N) is 1. The summed E-state index contributed by atoms with van der Waals surface area (Å²) in [6.07, 6.45) is -1.21. The van der Waals surface area contributed by atoms with Crippen LogP contribution in [0.15, 0.2) is 52.1 Å². The van der Waals surface area contributed by atoms with Crippen molar-refractivity contribution < 1.29 is 24.1 Å². The summed E-state index contributed by atoms with van der Waals surface area (Å²) < 4.78 is 16.9. The molecule has 1 aliphatic heterocycles. The number of esters is 1. The molecule has 0 aliphatic carbocycles. The second kappa shape index (κ2) is 7.43. The molecule has 0 amide bonds. The summed E-state index contributed by atoms with van der Waals surface area (Å²) in [6, 6.07) is 12.1. The minimum atomic E-state index is -1.21. The number of benzene rings is 2. The highest BCUT2D eigenvalue weighted by molar-refractivity contribution is 5.98. The topological polar surface area (TPSA) is 120 Å². The van der Waals surface area contributed by atoms with Crippen molar-refractivity contribution in [2.24, 2.45) is 0 Å². The molecule has 2 aromatic carbocycles. The molecule has 0 saturated heterocycles. The second-order valence-corrected chi connectivity index (χ2v) is 6.62. The van der Waals surface area contributed by atoms with Crippen LogP contribution in [-0.4, -0.2) is 34.8 Å². The van der Waals surface area contributed by atoms with Gasteiger partial charge in [0.2, 0.25) is 5.88 Å². The maximum atomic E-state index is 12.6. The number of fused-ring (bicyclic) bond motifs is 1. The van der Waals surface area contributed by atoms with Gasteiger partial charge in [-0.15, -0.1) is 0 Å². The summed E-state index contributed by atoms with van der Waals surface area (Å²) in [5.74, 6) is -0.824. The van der Waals surface area contributed by atoms with Gasteiger partial charge < -0.3 is 19.3 Å². The summed E-state index contributed by atoms with van der Waals surface area (Å²) in [7, 11) is 2.81. The molecule has 0 spiro atoms. The van der Waals surface area contributed by atoms with Crippen LogP contribution in [0.2, 0.25) is 0 Å². The predicted molar refractivity (Wildman–Crippen MR) is 105 cm³/mol. The first-order valence-corrected chi connectivity index (χ1v) is 9.02. The number of carbonyl (C=O) groups is 1. The zero-order chi connectivity index (χ0) is 21.4. The molecule has 0 bridgehead atoms. The van der Waals surface area contributed by atoms with Crippen LogP contribution < -0.4 is 20.7 Å². The van der Waals surface area contributed by atoms with Gasteiger partial charge in [0.05, 0.1) is 20.8 Å². The van der Waals surface area contributed by atoms with Crippen molar-refractivity contribution >= 4 is 5.97 Å². The van der Waals surface area contributed by atoms with Crippen molar-refractivity contribution in [1.29, 1.82) is 0 Å². The number of aromatic amines is 1. The fourth-order valence-corrected chi connectivity index (χ4v) is 3.54. The number of cyclic esters (lactones) is 1. The third-order valence-corrected chi connectivity index (χ3v) is 4.94. The number of methoxy groups -OCH3 is 2. The minimum absolute atomic E-state index is 0.0226. The van der Waals surface area contributed by atoms with E-state index in [1.807, 2.05) is 6.07 Å². The van der Waals surface area contributed by atoms with Crippen LogP contribution in [0.1, 0.15) is 33.2 Å². The number of nitrogens with one attached hydrogen (secondary N) is 1.